The van der Waals surface area contributed by atoms with E-state index in [1.807, 2.05) is 6.92 Å². The first-order chi connectivity index (χ1) is 14.7. The minimum absolute atomic E-state index is 0.144. The molecule has 1 amide bonds. The van der Waals surface area contributed by atoms with E-state index in [-0.39, 0.29) is 11.5 Å². The van der Waals surface area contributed by atoms with E-state index in [4.69, 9.17) is 9.47 Å². The summed E-state index contributed by atoms with van der Waals surface area (Å²) in [5.74, 6) is -0.442. The lowest BCUT2D eigenvalue weighted by molar-refractivity contribution is -0.274. The van der Waals surface area contributed by atoms with Crippen LogP contribution < -0.4 is 14.8 Å². The first kappa shape index (κ1) is 22.8. The number of carbonyl (C=O) groups excluding carboxylic acids is 1. The van der Waals surface area contributed by atoms with Gasteiger partial charge in [0.2, 0.25) is 5.88 Å². The quantitative estimate of drug-likeness (QED) is 0.515. The lowest BCUT2D eigenvalue weighted by Gasteiger charge is -2.12. The van der Waals surface area contributed by atoms with Gasteiger partial charge in [-0.1, -0.05) is 18.3 Å². The minimum atomic E-state index is -4.80. The van der Waals surface area contributed by atoms with Crippen molar-refractivity contribution in [2.45, 2.75) is 25.6 Å². The average molecular weight is 455 g/mol. The molecule has 31 heavy (non-hydrogen) atoms. The molecule has 1 atom stereocenters. The van der Waals surface area contributed by atoms with Gasteiger partial charge in [-0.2, -0.15) is 0 Å². The lowest BCUT2D eigenvalue weighted by atomic mass is 10.00. The highest BCUT2D eigenvalue weighted by molar-refractivity contribution is 7.22. The lowest BCUT2D eigenvalue weighted by Crippen LogP contribution is -2.17. The highest BCUT2D eigenvalue weighted by Gasteiger charge is 2.31. The van der Waals surface area contributed by atoms with Gasteiger partial charge in [0.05, 0.1) is 11.8 Å². The van der Waals surface area contributed by atoms with Gasteiger partial charge in [0.15, 0.2) is 5.13 Å². The number of methoxy groups -OCH3 is 2. The van der Waals surface area contributed by atoms with E-state index in [2.05, 4.69) is 20.0 Å². The van der Waals surface area contributed by atoms with E-state index in [0.717, 1.165) is 28.8 Å². The van der Waals surface area contributed by atoms with Crippen LogP contribution in [0, 0.1) is 0 Å². The summed E-state index contributed by atoms with van der Waals surface area (Å²) >= 11 is 1.27. The van der Waals surface area contributed by atoms with Gasteiger partial charge in [-0.05, 0) is 42.2 Å². The van der Waals surface area contributed by atoms with Crippen molar-refractivity contribution in [3.8, 4) is 11.6 Å². The van der Waals surface area contributed by atoms with Crippen molar-refractivity contribution in [1.29, 1.82) is 0 Å². The van der Waals surface area contributed by atoms with E-state index in [9.17, 15) is 18.0 Å². The molecule has 1 aromatic carbocycles. The number of hydrogen-bond donors (Lipinski definition) is 1. The smallest absolute Gasteiger partial charge is 0.479 e. The molecule has 1 unspecified atom stereocenters. The van der Waals surface area contributed by atoms with E-state index >= 15 is 0 Å². The Labute approximate surface area is 180 Å². The molecule has 0 aliphatic rings. The number of fused-ring (bicyclic) bond motifs is 1. The van der Waals surface area contributed by atoms with Gasteiger partial charge in [-0.15, -0.1) is 13.2 Å². The van der Waals surface area contributed by atoms with Crippen LogP contribution in [-0.2, 0) is 4.74 Å². The Morgan fingerprint density at radius 3 is 2.55 bits per heavy atom. The zero-order chi connectivity index (χ0) is 22.6. The van der Waals surface area contributed by atoms with E-state index in [1.165, 1.54) is 30.6 Å². The third kappa shape index (κ3) is 5.61. The van der Waals surface area contributed by atoms with E-state index in [1.54, 1.807) is 13.3 Å². The maximum Gasteiger partial charge on any atom is 0.573 e. The third-order valence-corrected chi connectivity index (χ3v) is 5.48. The number of thiazole rings is 1. The van der Waals surface area contributed by atoms with Crippen LogP contribution in [0.1, 0.15) is 35.2 Å². The van der Waals surface area contributed by atoms with Crippen LogP contribution in [0.25, 0.3) is 10.2 Å². The van der Waals surface area contributed by atoms with Crippen molar-refractivity contribution >= 4 is 32.6 Å². The summed E-state index contributed by atoms with van der Waals surface area (Å²) in [6, 6.07) is 4.63. The molecule has 3 aromatic rings. The van der Waals surface area contributed by atoms with Crippen LogP contribution in [0.15, 0.2) is 30.5 Å². The molecule has 2 aromatic heterocycles. The molecule has 0 bridgehead atoms. The van der Waals surface area contributed by atoms with Crippen LogP contribution in [0.2, 0.25) is 0 Å². The molecular weight excluding hydrogens is 435 g/mol. The van der Waals surface area contributed by atoms with Crippen LogP contribution in [-0.4, -0.2) is 43.1 Å². The fourth-order valence-electron chi connectivity index (χ4n) is 2.89. The summed E-state index contributed by atoms with van der Waals surface area (Å²) in [5, 5.41) is 2.99. The average Bonchev–Trinajstić information content (AvgIpc) is 3.14. The molecule has 0 aliphatic carbocycles. The minimum Gasteiger partial charge on any atom is -0.479 e. The highest BCUT2D eigenvalue weighted by Crippen LogP contribution is 2.37. The Morgan fingerprint density at radius 1 is 1.23 bits per heavy atom. The first-order valence-electron chi connectivity index (χ1n) is 9.21. The number of carbonyl (C=O) groups is 1. The van der Waals surface area contributed by atoms with Crippen molar-refractivity contribution in [3.63, 3.8) is 0 Å². The largest absolute Gasteiger partial charge is 0.573 e. The van der Waals surface area contributed by atoms with Crippen LogP contribution in [0.5, 0.6) is 11.6 Å². The van der Waals surface area contributed by atoms with Crippen LogP contribution >= 0.6 is 11.3 Å². The molecule has 0 spiro atoms. The number of hydrogen-bond acceptors (Lipinski definition) is 7. The van der Waals surface area contributed by atoms with Crippen molar-refractivity contribution in [2.75, 3.05) is 26.1 Å². The first-order valence-corrected chi connectivity index (χ1v) is 10.0. The van der Waals surface area contributed by atoms with Crippen LogP contribution in [0.3, 0.4) is 0 Å². The van der Waals surface area contributed by atoms with Crippen molar-refractivity contribution in [2.24, 2.45) is 0 Å². The number of benzene rings is 1. The molecule has 166 valence electrons. The van der Waals surface area contributed by atoms with Gasteiger partial charge in [-0.3, -0.25) is 10.1 Å². The molecule has 0 saturated heterocycles. The second kappa shape index (κ2) is 9.48. The standard InChI is InChI=1S/C20H20F3N3O4S/c1-11(8-9-28-2)14-10-24-18(29-3)15-16(14)31-19(25-15)26-17(27)12-4-6-13(7-5-12)30-20(21,22)23/h4-7,10-11H,8-9H2,1-3H3,(H,25,26,27). The monoisotopic (exact) mass is 455 g/mol. The maximum atomic E-state index is 12.5. The molecule has 0 radical (unpaired) electrons. The predicted molar refractivity (Wildman–Crippen MR) is 110 cm³/mol. The highest BCUT2D eigenvalue weighted by atomic mass is 32.1. The number of rotatable bonds is 8. The summed E-state index contributed by atoms with van der Waals surface area (Å²) < 4.78 is 51.9. The fraction of sp³-hybridized carbons (Fsp3) is 0.350. The van der Waals surface area contributed by atoms with Gasteiger partial charge in [-0.25, -0.2) is 9.97 Å². The summed E-state index contributed by atoms with van der Waals surface area (Å²) in [4.78, 5) is 21.3. The summed E-state index contributed by atoms with van der Waals surface area (Å²) in [7, 11) is 3.12. The molecule has 11 heteroatoms. The zero-order valence-corrected chi connectivity index (χ0v) is 17.8. The van der Waals surface area contributed by atoms with Gasteiger partial charge >= 0.3 is 6.36 Å². The summed E-state index contributed by atoms with van der Waals surface area (Å²) in [6.07, 6.45) is -2.29. The Morgan fingerprint density at radius 2 is 1.94 bits per heavy atom. The Kier molecular flexibility index (Phi) is 6.96. The predicted octanol–water partition coefficient (Wildman–Crippen LogP) is 4.99. The number of halogens is 3. The fourth-order valence-corrected chi connectivity index (χ4v) is 3.97. The Bertz CT molecular complexity index is 1050. The second-order valence-electron chi connectivity index (χ2n) is 6.63. The molecule has 0 aliphatic heterocycles. The number of nitrogens with zero attached hydrogens (tertiary/aromatic N) is 2. The molecule has 0 saturated carbocycles. The van der Waals surface area contributed by atoms with Crippen LogP contribution in [0.4, 0.5) is 18.3 Å². The van der Waals surface area contributed by atoms with Gasteiger partial charge in [0.1, 0.15) is 11.3 Å². The SMILES string of the molecule is COCCC(C)c1cnc(OC)c2nc(NC(=O)c3ccc(OC(F)(F)F)cc3)sc12. The normalized spacial score (nSPS) is 12.6. The molecule has 3 rings (SSSR count). The number of nitrogens with one attached hydrogen (secondary N) is 1. The maximum absolute atomic E-state index is 12.5. The Hall–Kier alpha value is -2.92. The zero-order valence-electron chi connectivity index (χ0n) is 16.9. The van der Waals surface area contributed by atoms with Gasteiger partial charge < -0.3 is 14.2 Å². The number of ether oxygens (including phenoxy) is 3. The Balaban J connectivity index is 1.83. The van der Waals surface area contributed by atoms with E-state index < -0.39 is 18.0 Å². The van der Waals surface area contributed by atoms with Crippen molar-refractivity contribution < 1.29 is 32.2 Å². The third-order valence-electron chi connectivity index (χ3n) is 4.46. The van der Waals surface area contributed by atoms with Crippen molar-refractivity contribution in [3.05, 3.63) is 41.6 Å². The number of aromatic nitrogens is 2. The molecular formula is C20H20F3N3O4S. The van der Waals surface area contributed by atoms with Gasteiger partial charge in [0, 0.05) is 25.5 Å². The second-order valence-corrected chi connectivity index (χ2v) is 7.63. The molecule has 7 nitrogen and oxygen atoms in total. The topological polar surface area (TPSA) is 82.6 Å². The molecule has 1 N–H and O–H groups in total. The number of amides is 1. The number of pyridine rings is 1. The summed E-state index contributed by atoms with van der Waals surface area (Å²) in [6.45, 7) is 2.63. The number of alkyl halides is 3. The van der Waals surface area contributed by atoms with E-state index in [0.29, 0.717) is 23.1 Å². The van der Waals surface area contributed by atoms with Gasteiger partial charge in [0.25, 0.3) is 5.91 Å². The molecule has 2 heterocycles. The summed E-state index contributed by atoms with van der Waals surface area (Å²) in [5.41, 5.74) is 1.64. The van der Waals surface area contributed by atoms with Crippen molar-refractivity contribution in [1.82, 2.24) is 9.97 Å². The molecule has 0 fully saturated rings. The number of anilines is 1.